The van der Waals surface area contributed by atoms with Gasteiger partial charge in [0.25, 0.3) is 0 Å². The number of imidazole rings is 1. The molecule has 0 spiro atoms. The van der Waals surface area contributed by atoms with Crippen LogP contribution in [0.3, 0.4) is 0 Å². The maximum absolute atomic E-state index is 13.6. The lowest BCUT2D eigenvalue weighted by Gasteiger charge is -2.29. The summed E-state index contributed by atoms with van der Waals surface area (Å²) in [6.07, 6.45) is 0.914. The molecular weight excluding hydrogens is 565 g/mol. The summed E-state index contributed by atoms with van der Waals surface area (Å²) in [5, 5.41) is 3.51. The fourth-order valence-corrected chi connectivity index (χ4v) is 4.87. The number of hydrogen-bond acceptors (Lipinski definition) is 4. The number of benzene rings is 3. The van der Waals surface area contributed by atoms with Crippen molar-refractivity contribution in [2.75, 3.05) is 11.9 Å². The molecule has 38 heavy (non-hydrogen) atoms. The Morgan fingerprint density at radius 1 is 1.05 bits per heavy atom. The third-order valence-electron chi connectivity index (χ3n) is 6.61. The second-order valence-corrected chi connectivity index (χ2v) is 10.4. The normalized spacial score (nSPS) is 13.4. The molecule has 1 amide bonds. The monoisotopic (exact) mass is 595 g/mol. The summed E-state index contributed by atoms with van der Waals surface area (Å²) in [4.78, 5) is 19.9. The first kappa shape index (κ1) is 27.9. The third-order valence-corrected chi connectivity index (χ3v) is 7.13. The van der Waals surface area contributed by atoms with Crippen LogP contribution >= 0.6 is 29.4 Å². The zero-order chi connectivity index (χ0) is 25.9. The smallest absolute Gasteiger partial charge is 0.224 e. The number of carbonyl (C=O) groups excluding carboxylic acids is 1. The first-order valence-electron chi connectivity index (χ1n) is 12.3. The van der Waals surface area contributed by atoms with Gasteiger partial charge in [0.1, 0.15) is 23.2 Å². The predicted octanol–water partition coefficient (Wildman–Crippen LogP) is 5.92. The topological polar surface area (TPSA) is 76.2 Å². The van der Waals surface area contributed by atoms with Crippen LogP contribution in [0.15, 0.2) is 77.3 Å². The fraction of sp³-hybridized carbons (Fsp3) is 0.241. The van der Waals surface area contributed by atoms with Gasteiger partial charge in [0, 0.05) is 41.3 Å². The first-order chi connectivity index (χ1) is 17.9. The van der Waals surface area contributed by atoms with Crippen LogP contribution in [0.2, 0.25) is 0 Å². The predicted molar refractivity (Wildman–Crippen MR) is 158 cm³/mol. The molecule has 9 heteroatoms. The molecule has 0 unspecified atom stereocenters. The number of amides is 1. The van der Waals surface area contributed by atoms with E-state index in [2.05, 4.69) is 25.8 Å². The summed E-state index contributed by atoms with van der Waals surface area (Å²) >= 11 is 3.44. The van der Waals surface area contributed by atoms with Crippen LogP contribution in [-0.4, -0.2) is 32.9 Å². The summed E-state index contributed by atoms with van der Waals surface area (Å²) in [5.41, 5.74) is 11.1. The number of rotatable bonds is 7. The van der Waals surface area contributed by atoms with Crippen LogP contribution in [0.1, 0.15) is 23.4 Å². The van der Waals surface area contributed by atoms with E-state index in [9.17, 15) is 9.18 Å². The van der Waals surface area contributed by atoms with E-state index < -0.39 is 0 Å². The third kappa shape index (κ3) is 6.46. The van der Waals surface area contributed by atoms with Gasteiger partial charge in [-0.1, -0.05) is 45.8 Å². The van der Waals surface area contributed by atoms with Gasteiger partial charge in [-0.3, -0.25) is 4.79 Å². The minimum absolute atomic E-state index is 0. The van der Waals surface area contributed by atoms with E-state index in [1.165, 1.54) is 17.7 Å². The molecule has 2 heterocycles. The molecule has 6 nitrogen and oxygen atoms in total. The Hall–Kier alpha value is -3.14. The van der Waals surface area contributed by atoms with Gasteiger partial charge in [0.05, 0.1) is 6.54 Å². The Balaban J connectivity index is 0.00000336. The Bertz CT molecular complexity index is 1390. The zero-order valence-electron chi connectivity index (χ0n) is 21.1. The minimum atomic E-state index is -0.294. The molecule has 0 fully saturated rings. The Labute approximate surface area is 237 Å². The quantitative estimate of drug-likeness (QED) is 0.278. The molecule has 1 aliphatic heterocycles. The number of anilines is 2. The second kappa shape index (κ2) is 12.1. The number of carbonyl (C=O) groups is 1. The number of halogens is 2. The molecule has 0 radical (unpaired) electrons. The molecule has 5 rings (SSSR count). The van der Waals surface area contributed by atoms with E-state index in [4.69, 9.17) is 10.7 Å². The Morgan fingerprint density at radius 2 is 1.74 bits per heavy atom. The largest absolute Gasteiger partial charge is 0.340 e. The molecule has 0 saturated carbocycles. The van der Waals surface area contributed by atoms with Gasteiger partial charge in [-0.2, -0.15) is 13.5 Å². The SMILES string of the molecule is Cc1ccc(Nc2c(-c3ccc(F)cc3)nc3n2CCN(C(=O)C[C@@H](N)Cc2ccc(Br)cc2)C3)cc1.S. The lowest BCUT2D eigenvalue weighted by atomic mass is 10.0. The summed E-state index contributed by atoms with van der Waals surface area (Å²) in [6.45, 7) is 3.61. The summed E-state index contributed by atoms with van der Waals surface area (Å²) in [6, 6.07) is 22.2. The van der Waals surface area contributed by atoms with Gasteiger partial charge in [-0.15, -0.1) is 0 Å². The van der Waals surface area contributed by atoms with Crippen LogP contribution in [-0.2, 0) is 24.3 Å². The molecule has 4 aromatic rings. The molecule has 0 saturated heterocycles. The average Bonchev–Trinajstić information content (AvgIpc) is 3.24. The molecule has 0 aliphatic carbocycles. The van der Waals surface area contributed by atoms with Crippen molar-refractivity contribution in [2.45, 2.75) is 38.9 Å². The van der Waals surface area contributed by atoms with Gasteiger partial charge in [-0.05, 0) is 67.4 Å². The summed E-state index contributed by atoms with van der Waals surface area (Å²) < 4.78 is 16.7. The summed E-state index contributed by atoms with van der Waals surface area (Å²) in [5.74, 6) is 1.35. The van der Waals surface area contributed by atoms with Gasteiger partial charge in [-0.25, -0.2) is 9.37 Å². The van der Waals surface area contributed by atoms with Crippen molar-refractivity contribution >= 4 is 46.8 Å². The molecule has 1 aliphatic rings. The Morgan fingerprint density at radius 3 is 2.42 bits per heavy atom. The maximum Gasteiger partial charge on any atom is 0.224 e. The number of nitrogens with two attached hydrogens (primary N) is 1. The van der Waals surface area contributed by atoms with Crippen LogP contribution in [0.5, 0.6) is 0 Å². The van der Waals surface area contributed by atoms with Crippen molar-refractivity contribution in [3.8, 4) is 11.3 Å². The van der Waals surface area contributed by atoms with Gasteiger partial charge >= 0.3 is 0 Å². The molecule has 3 aromatic carbocycles. The number of fused-ring (bicyclic) bond motifs is 1. The van der Waals surface area contributed by atoms with E-state index in [-0.39, 0.29) is 37.7 Å². The zero-order valence-corrected chi connectivity index (χ0v) is 23.7. The number of hydrogen-bond donors (Lipinski definition) is 2. The Kier molecular flexibility index (Phi) is 8.91. The number of nitrogens with one attached hydrogen (secondary N) is 1. The van der Waals surface area contributed by atoms with Crippen molar-refractivity contribution in [2.24, 2.45) is 5.73 Å². The molecule has 3 N–H and O–H groups in total. The summed E-state index contributed by atoms with van der Waals surface area (Å²) in [7, 11) is 0. The minimum Gasteiger partial charge on any atom is -0.340 e. The molecule has 1 atom stereocenters. The van der Waals surface area contributed by atoms with Crippen molar-refractivity contribution in [1.29, 1.82) is 0 Å². The lowest BCUT2D eigenvalue weighted by Crippen LogP contribution is -2.41. The highest BCUT2D eigenvalue weighted by Crippen LogP contribution is 2.33. The highest BCUT2D eigenvalue weighted by molar-refractivity contribution is 9.10. The van der Waals surface area contributed by atoms with Crippen molar-refractivity contribution in [3.05, 3.63) is 100 Å². The molecule has 1 aromatic heterocycles. The number of nitrogens with zero attached hydrogens (tertiary/aromatic N) is 3. The van der Waals surface area contributed by atoms with E-state index in [1.807, 2.05) is 60.4 Å². The highest BCUT2D eigenvalue weighted by Gasteiger charge is 2.27. The van der Waals surface area contributed by atoms with E-state index in [0.717, 1.165) is 38.6 Å². The van der Waals surface area contributed by atoms with Crippen molar-refractivity contribution < 1.29 is 9.18 Å². The van der Waals surface area contributed by atoms with Crippen LogP contribution in [0, 0.1) is 12.7 Å². The molecule has 0 bridgehead atoms. The maximum atomic E-state index is 13.6. The van der Waals surface area contributed by atoms with Gasteiger partial charge in [0.15, 0.2) is 0 Å². The van der Waals surface area contributed by atoms with Crippen molar-refractivity contribution in [1.82, 2.24) is 14.5 Å². The lowest BCUT2D eigenvalue weighted by molar-refractivity contribution is -0.133. The van der Waals surface area contributed by atoms with Crippen LogP contribution in [0.25, 0.3) is 11.3 Å². The van der Waals surface area contributed by atoms with Crippen LogP contribution < -0.4 is 11.1 Å². The van der Waals surface area contributed by atoms with Crippen LogP contribution in [0.4, 0.5) is 15.9 Å². The second-order valence-electron chi connectivity index (χ2n) is 9.48. The first-order valence-corrected chi connectivity index (χ1v) is 13.1. The van der Waals surface area contributed by atoms with Gasteiger partial charge < -0.3 is 20.5 Å². The van der Waals surface area contributed by atoms with Crippen molar-refractivity contribution in [3.63, 3.8) is 0 Å². The standard InChI is InChI=1S/C29H29BrFN5O.H2S/c1-19-2-12-25(13-3-19)33-29-28(21-6-10-23(31)11-7-21)34-26-18-35(14-15-36(26)29)27(37)17-24(32)16-20-4-8-22(30)9-5-20;/h2-13,24,33H,14-18,32H2,1H3;1H2/t24-;/m0./s1. The number of aromatic nitrogens is 2. The molecular formula is C29H31BrFN5OS. The van der Waals surface area contributed by atoms with E-state index in [1.54, 1.807) is 12.1 Å². The average molecular weight is 597 g/mol. The molecule has 198 valence electrons. The van der Waals surface area contributed by atoms with E-state index >= 15 is 0 Å². The van der Waals surface area contributed by atoms with Gasteiger partial charge in [0.2, 0.25) is 5.91 Å². The highest BCUT2D eigenvalue weighted by atomic mass is 79.9. The van der Waals surface area contributed by atoms with E-state index in [0.29, 0.717) is 26.1 Å². The number of aryl methyl sites for hydroxylation is 1. The fourth-order valence-electron chi connectivity index (χ4n) is 4.60.